The molecule has 2 fully saturated rings. The van der Waals surface area contributed by atoms with Gasteiger partial charge in [-0.15, -0.1) is 10.2 Å². The molecule has 19 heavy (non-hydrogen) atoms. The summed E-state index contributed by atoms with van der Waals surface area (Å²) in [5.74, 6) is 1.13. The van der Waals surface area contributed by atoms with Crippen molar-refractivity contribution in [1.29, 1.82) is 0 Å². The van der Waals surface area contributed by atoms with Gasteiger partial charge in [0, 0.05) is 24.7 Å². The first-order chi connectivity index (χ1) is 9.31. The number of piperidine rings is 2. The second-order valence-electron chi connectivity index (χ2n) is 5.90. The number of aryl methyl sites for hydroxylation is 1. The van der Waals surface area contributed by atoms with Gasteiger partial charge in [-0.3, -0.25) is 4.90 Å². The Bertz CT molecular complexity index is 402. The molecular weight excluding hydrogens is 238 g/mol. The van der Waals surface area contributed by atoms with Crippen molar-refractivity contribution < 1.29 is 0 Å². The van der Waals surface area contributed by atoms with Gasteiger partial charge in [-0.05, 0) is 39.7 Å². The van der Waals surface area contributed by atoms with Gasteiger partial charge in [0.25, 0.3) is 0 Å². The van der Waals surface area contributed by atoms with Crippen molar-refractivity contribution in [2.24, 2.45) is 0 Å². The van der Waals surface area contributed by atoms with Crippen LogP contribution in [0.1, 0.15) is 44.9 Å². The topological polar surface area (TPSA) is 46.0 Å². The number of nitrogens with zero attached hydrogens (tertiary/aromatic N) is 4. The summed E-state index contributed by atoms with van der Waals surface area (Å²) in [5.41, 5.74) is 0. The zero-order chi connectivity index (χ0) is 13.2. The van der Waals surface area contributed by atoms with Crippen LogP contribution in [-0.4, -0.2) is 44.8 Å². The molecule has 2 unspecified atom stereocenters. The highest BCUT2D eigenvalue weighted by Gasteiger charge is 2.38. The first kappa shape index (κ1) is 13.1. The zero-order valence-electron chi connectivity index (χ0n) is 12.0. The van der Waals surface area contributed by atoms with E-state index in [4.69, 9.17) is 0 Å². The van der Waals surface area contributed by atoms with Crippen molar-refractivity contribution in [3.63, 3.8) is 0 Å². The Morgan fingerprint density at radius 3 is 2.68 bits per heavy atom. The molecule has 2 bridgehead atoms. The highest BCUT2D eigenvalue weighted by molar-refractivity contribution is 4.97. The summed E-state index contributed by atoms with van der Waals surface area (Å²) in [6, 6.07) is 2.16. The molecule has 0 spiro atoms. The van der Waals surface area contributed by atoms with Crippen LogP contribution in [0.4, 0.5) is 0 Å². The Balaban J connectivity index is 1.74. The number of rotatable bonds is 4. The van der Waals surface area contributed by atoms with Gasteiger partial charge in [-0.1, -0.05) is 6.42 Å². The molecule has 1 aromatic rings. The summed E-state index contributed by atoms with van der Waals surface area (Å²) in [7, 11) is 2.10. The number of fused-ring (bicyclic) bond motifs is 2. The Morgan fingerprint density at radius 1 is 1.32 bits per heavy atom. The monoisotopic (exact) mass is 263 g/mol. The summed E-state index contributed by atoms with van der Waals surface area (Å²) in [6.45, 7) is 4.09. The highest BCUT2D eigenvalue weighted by Crippen LogP contribution is 2.34. The Kier molecular flexibility index (Phi) is 3.84. The minimum atomic E-state index is 0.704. The molecule has 1 N–H and O–H groups in total. The van der Waals surface area contributed by atoms with E-state index in [-0.39, 0.29) is 0 Å². The standard InChI is InChI=1S/C14H25N5/c1-3-18-10-16-17-14(18)9-19-12-5-4-6-13(19)8-11(7-12)15-2/h10-13,15H,3-9H2,1-2H3. The largest absolute Gasteiger partial charge is 0.317 e. The lowest BCUT2D eigenvalue weighted by Gasteiger charge is -2.48. The second kappa shape index (κ2) is 5.59. The lowest BCUT2D eigenvalue weighted by atomic mass is 9.82. The van der Waals surface area contributed by atoms with E-state index < -0.39 is 0 Å². The van der Waals surface area contributed by atoms with Crippen molar-refractivity contribution in [2.75, 3.05) is 7.05 Å². The third kappa shape index (κ3) is 2.54. The maximum Gasteiger partial charge on any atom is 0.147 e. The summed E-state index contributed by atoms with van der Waals surface area (Å²) in [5, 5.41) is 11.8. The van der Waals surface area contributed by atoms with Crippen LogP contribution in [0.3, 0.4) is 0 Å². The minimum Gasteiger partial charge on any atom is -0.317 e. The van der Waals surface area contributed by atoms with E-state index in [1.807, 2.05) is 6.33 Å². The molecule has 1 aromatic heterocycles. The fourth-order valence-electron chi connectivity index (χ4n) is 3.80. The molecular formula is C14H25N5. The van der Waals surface area contributed by atoms with Crippen LogP contribution < -0.4 is 5.32 Å². The molecule has 2 aliphatic rings. The van der Waals surface area contributed by atoms with E-state index in [2.05, 4.69) is 39.0 Å². The molecule has 3 rings (SSSR count). The van der Waals surface area contributed by atoms with Crippen LogP contribution in [0.2, 0.25) is 0 Å². The lowest BCUT2D eigenvalue weighted by Crippen LogP contribution is -2.55. The molecule has 3 heterocycles. The van der Waals surface area contributed by atoms with Crippen molar-refractivity contribution in [2.45, 2.75) is 70.2 Å². The summed E-state index contributed by atoms with van der Waals surface area (Å²) >= 11 is 0. The number of aromatic nitrogens is 3. The first-order valence-electron chi connectivity index (χ1n) is 7.61. The fourth-order valence-corrected chi connectivity index (χ4v) is 3.80. The maximum absolute atomic E-state index is 4.30. The van der Waals surface area contributed by atoms with Crippen LogP contribution in [0.5, 0.6) is 0 Å². The quantitative estimate of drug-likeness (QED) is 0.892. The van der Waals surface area contributed by atoms with Gasteiger partial charge in [0.05, 0.1) is 6.54 Å². The van der Waals surface area contributed by atoms with Crippen LogP contribution in [-0.2, 0) is 13.1 Å². The van der Waals surface area contributed by atoms with E-state index in [1.165, 1.54) is 32.1 Å². The third-order valence-corrected chi connectivity index (χ3v) is 4.89. The van der Waals surface area contributed by atoms with E-state index in [0.717, 1.165) is 31.0 Å². The summed E-state index contributed by atoms with van der Waals surface area (Å²) < 4.78 is 2.17. The Labute approximate surface area is 115 Å². The number of hydrogen-bond acceptors (Lipinski definition) is 4. The van der Waals surface area contributed by atoms with Crippen LogP contribution >= 0.6 is 0 Å². The first-order valence-corrected chi connectivity index (χ1v) is 7.61. The van der Waals surface area contributed by atoms with E-state index in [1.54, 1.807) is 0 Å². The Hall–Kier alpha value is -0.940. The average Bonchev–Trinajstić information content (AvgIpc) is 2.85. The fraction of sp³-hybridized carbons (Fsp3) is 0.857. The van der Waals surface area contributed by atoms with E-state index in [0.29, 0.717) is 6.04 Å². The van der Waals surface area contributed by atoms with Crippen molar-refractivity contribution in [3.05, 3.63) is 12.2 Å². The third-order valence-electron chi connectivity index (χ3n) is 4.89. The van der Waals surface area contributed by atoms with Crippen LogP contribution in [0, 0.1) is 0 Å². The van der Waals surface area contributed by atoms with Crippen molar-refractivity contribution >= 4 is 0 Å². The summed E-state index contributed by atoms with van der Waals surface area (Å²) in [4.78, 5) is 2.69. The van der Waals surface area contributed by atoms with Gasteiger partial charge < -0.3 is 9.88 Å². The SMILES string of the molecule is CCn1cnnc1CN1C2CCCC1CC(NC)C2. The molecule has 2 aliphatic heterocycles. The zero-order valence-corrected chi connectivity index (χ0v) is 12.0. The summed E-state index contributed by atoms with van der Waals surface area (Å²) in [6.07, 6.45) is 8.50. The Morgan fingerprint density at radius 2 is 2.05 bits per heavy atom. The van der Waals surface area contributed by atoms with Gasteiger partial charge in [0.1, 0.15) is 12.2 Å². The van der Waals surface area contributed by atoms with Crippen LogP contribution in [0.25, 0.3) is 0 Å². The maximum atomic E-state index is 4.30. The van der Waals surface area contributed by atoms with Gasteiger partial charge in [0.15, 0.2) is 0 Å². The predicted molar refractivity (Wildman–Crippen MR) is 74.7 cm³/mol. The minimum absolute atomic E-state index is 0.704. The lowest BCUT2D eigenvalue weighted by molar-refractivity contribution is 0.0162. The normalized spacial score (nSPS) is 31.6. The molecule has 0 aliphatic carbocycles. The molecule has 2 atom stereocenters. The molecule has 0 radical (unpaired) electrons. The van der Waals surface area contributed by atoms with Crippen molar-refractivity contribution in [1.82, 2.24) is 25.0 Å². The van der Waals surface area contributed by atoms with Gasteiger partial charge in [0.2, 0.25) is 0 Å². The number of nitrogens with one attached hydrogen (secondary N) is 1. The molecule has 0 saturated carbocycles. The van der Waals surface area contributed by atoms with E-state index in [9.17, 15) is 0 Å². The van der Waals surface area contributed by atoms with Crippen LogP contribution in [0.15, 0.2) is 6.33 Å². The van der Waals surface area contributed by atoms with E-state index >= 15 is 0 Å². The second-order valence-corrected chi connectivity index (χ2v) is 5.90. The molecule has 0 aromatic carbocycles. The van der Waals surface area contributed by atoms with Gasteiger partial charge >= 0.3 is 0 Å². The highest BCUT2D eigenvalue weighted by atomic mass is 15.3. The van der Waals surface area contributed by atoms with Gasteiger partial charge in [-0.25, -0.2) is 0 Å². The smallest absolute Gasteiger partial charge is 0.147 e. The average molecular weight is 263 g/mol. The van der Waals surface area contributed by atoms with Crippen molar-refractivity contribution in [3.8, 4) is 0 Å². The molecule has 106 valence electrons. The molecule has 2 saturated heterocycles. The number of hydrogen-bond donors (Lipinski definition) is 1. The molecule has 0 amide bonds. The molecule has 5 heteroatoms. The predicted octanol–water partition coefficient (Wildman–Crippen LogP) is 1.40. The molecule has 5 nitrogen and oxygen atoms in total. The van der Waals surface area contributed by atoms with Gasteiger partial charge in [-0.2, -0.15) is 0 Å².